The molecule has 3 rings (SSSR count). The number of carbonyl (C=O) groups excluding carboxylic acids is 1. The molecule has 7 heteroatoms. The van der Waals surface area contributed by atoms with E-state index in [9.17, 15) is 14.7 Å². The van der Waals surface area contributed by atoms with Crippen LogP contribution in [0.3, 0.4) is 0 Å². The third-order valence-corrected chi connectivity index (χ3v) is 5.79. The average molecular weight is 363 g/mol. The number of hydrogen-bond donors (Lipinski definition) is 1. The van der Waals surface area contributed by atoms with Crippen LogP contribution in [0.4, 0.5) is 0 Å². The highest BCUT2D eigenvalue weighted by molar-refractivity contribution is 5.76. The van der Waals surface area contributed by atoms with E-state index in [1.165, 1.54) is 10.6 Å². The maximum absolute atomic E-state index is 12.7. The maximum atomic E-state index is 12.7. The second kappa shape index (κ2) is 7.50. The molecule has 0 spiro atoms. The van der Waals surface area contributed by atoms with Crippen LogP contribution in [0.5, 0.6) is 0 Å². The minimum atomic E-state index is -0.843. The van der Waals surface area contributed by atoms with Gasteiger partial charge in [0.25, 0.3) is 5.56 Å². The molecular formula is C19H29N3O4. The van der Waals surface area contributed by atoms with Gasteiger partial charge in [0.2, 0.25) is 5.91 Å². The van der Waals surface area contributed by atoms with Crippen LogP contribution in [0.1, 0.15) is 20.3 Å². The molecule has 0 bridgehead atoms. The summed E-state index contributed by atoms with van der Waals surface area (Å²) in [5.74, 6) is -0.0835. The van der Waals surface area contributed by atoms with E-state index in [0.717, 1.165) is 13.1 Å². The van der Waals surface area contributed by atoms with Crippen molar-refractivity contribution >= 4 is 5.91 Å². The van der Waals surface area contributed by atoms with Crippen LogP contribution < -0.4 is 5.56 Å². The van der Waals surface area contributed by atoms with Gasteiger partial charge in [-0.3, -0.25) is 14.5 Å². The summed E-state index contributed by atoms with van der Waals surface area (Å²) < 4.78 is 6.80. The zero-order valence-corrected chi connectivity index (χ0v) is 15.7. The Labute approximate surface area is 154 Å². The SMILES string of the molecule is CC1(C)CN(C(=O)Cn2ccccc2=O)CC[C@]1(O)CN1CCOCC1. The molecule has 2 saturated heterocycles. The molecular weight excluding hydrogens is 334 g/mol. The normalized spacial score (nSPS) is 26.7. The molecule has 0 radical (unpaired) electrons. The highest BCUT2D eigenvalue weighted by Crippen LogP contribution is 2.39. The number of aromatic nitrogens is 1. The molecule has 1 aromatic rings. The van der Waals surface area contributed by atoms with Crippen molar-refractivity contribution in [3.05, 3.63) is 34.7 Å². The average Bonchev–Trinajstić information content (AvgIpc) is 2.60. The molecule has 0 aromatic carbocycles. The summed E-state index contributed by atoms with van der Waals surface area (Å²) in [5, 5.41) is 11.3. The molecule has 1 amide bonds. The fraction of sp³-hybridized carbons (Fsp3) is 0.684. The van der Waals surface area contributed by atoms with Gasteiger partial charge in [0, 0.05) is 50.4 Å². The highest BCUT2D eigenvalue weighted by atomic mass is 16.5. The Hall–Kier alpha value is -1.70. The van der Waals surface area contributed by atoms with Gasteiger partial charge < -0.3 is 19.3 Å². The van der Waals surface area contributed by atoms with Crippen molar-refractivity contribution in [3.8, 4) is 0 Å². The lowest BCUT2D eigenvalue weighted by atomic mass is 9.69. The van der Waals surface area contributed by atoms with Crippen LogP contribution in [-0.2, 0) is 16.1 Å². The Morgan fingerprint density at radius 3 is 2.62 bits per heavy atom. The summed E-state index contributed by atoms with van der Waals surface area (Å²) >= 11 is 0. The van der Waals surface area contributed by atoms with Crippen molar-refractivity contribution in [1.29, 1.82) is 0 Å². The van der Waals surface area contributed by atoms with Gasteiger partial charge in [-0.05, 0) is 12.5 Å². The van der Waals surface area contributed by atoms with Gasteiger partial charge in [-0.2, -0.15) is 0 Å². The largest absolute Gasteiger partial charge is 0.388 e. The monoisotopic (exact) mass is 363 g/mol. The lowest BCUT2D eigenvalue weighted by molar-refractivity contribution is -0.158. The van der Waals surface area contributed by atoms with Crippen LogP contribution in [-0.4, -0.2) is 76.9 Å². The molecule has 2 aliphatic heterocycles. The molecule has 1 atom stereocenters. The molecule has 2 fully saturated rings. The number of nitrogens with zero attached hydrogens (tertiary/aromatic N) is 3. The summed E-state index contributed by atoms with van der Waals surface area (Å²) in [4.78, 5) is 28.5. The first-order valence-corrected chi connectivity index (χ1v) is 9.26. The molecule has 0 aliphatic carbocycles. The smallest absolute Gasteiger partial charge is 0.250 e. The number of amides is 1. The van der Waals surface area contributed by atoms with Crippen LogP contribution in [0.15, 0.2) is 29.2 Å². The van der Waals surface area contributed by atoms with Crippen molar-refractivity contribution in [3.63, 3.8) is 0 Å². The van der Waals surface area contributed by atoms with Gasteiger partial charge >= 0.3 is 0 Å². The Morgan fingerprint density at radius 1 is 1.23 bits per heavy atom. The number of rotatable bonds is 4. The molecule has 1 aromatic heterocycles. The van der Waals surface area contributed by atoms with Crippen molar-refractivity contribution < 1.29 is 14.6 Å². The van der Waals surface area contributed by atoms with E-state index >= 15 is 0 Å². The zero-order valence-electron chi connectivity index (χ0n) is 15.7. The first kappa shape index (κ1) is 19.1. The number of pyridine rings is 1. The standard InChI is InChI=1S/C19H29N3O4/c1-18(2)14-22(17(24)13-21-7-4-3-5-16(21)23)8-6-19(18,25)15-20-9-11-26-12-10-20/h3-5,7,25H,6,8-15H2,1-2H3/t19-/m0/s1. The van der Waals surface area contributed by atoms with Crippen molar-refractivity contribution in [2.45, 2.75) is 32.4 Å². The highest BCUT2D eigenvalue weighted by Gasteiger charge is 2.49. The topological polar surface area (TPSA) is 75.0 Å². The number of ether oxygens (including phenoxy) is 1. The number of piperidine rings is 1. The van der Waals surface area contributed by atoms with E-state index in [1.807, 2.05) is 13.8 Å². The molecule has 0 unspecified atom stereocenters. The summed E-state index contributed by atoms with van der Waals surface area (Å²) in [5.41, 5.74) is -1.45. The number of likely N-dealkylation sites (tertiary alicyclic amines) is 1. The van der Waals surface area contributed by atoms with E-state index in [1.54, 1.807) is 23.2 Å². The van der Waals surface area contributed by atoms with Crippen LogP contribution in [0.25, 0.3) is 0 Å². The van der Waals surface area contributed by atoms with Gasteiger partial charge in [-0.15, -0.1) is 0 Å². The number of morpholine rings is 1. The van der Waals surface area contributed by atoms with Crippen LogP contribution in [0.2, 0.25) is 0 Å². The van der Waals surface area contributed by atoms with Gasteiger partial charge in [-0.25, -0.2) is 0 Å². The molecule has 1 N–H and O–H groups in total. The Bertz CT molecular complexity index is 696. The Balaban J connectivity index is 1.64. The number of hydrogen-bond acceptors (Lipinski definition) is 5. The number of β-amino-alcohol motifs (C(OH)–C–C–N with tert-alkyl or cyclic N) is 1. The molecule has 0 saturated carbocycles. The second-order valence-electron chi connectivity index (χ2n) is 8.04. The van der Waals surface area contributed by atoms with Gasteiger partial charge in [-0.1, -0.05) is 19.9 Å². The van der Waals surface area contributed by atoms with Crippen molar-refractivity contribution in [1.82, 2.24) is 14.4 Å². The van der Waals surface area contributed by atoms with Crippen molar-refractivity contribution in [2.75, 3.05) is 45.9 Å². The minimum Gasteiger partial charge on any atom is -0.388 e. The lowest BCUT2D eigenvalue weighted by Gasteiger charge is -2.52. The van der Waals surface area contributed by atoms with E-state index < -0.39 is 11.0 Å². The quantitative estimate of drug-likeness (QED) is 0.825. The molecule has 7 nitrogen and oxygen atoms in total. The number of carbonyl (C=O) groups is 1. The molecule has 26 heavy (non-hydrogen) atoms. The lowest BCUT2D eigenvalue weighted by Crippen LogP contribution is -2.63. The summed E-state index contributed by atoms with van der Waals surface area (Å²) in [7, 11) is 0. The molecule has 3 heterocycles. The Kier molecular flexibility index (Phi) is 5.50. The minimum absolute atomic E-state index is 0.0393. The predicted molar refractivity (Wildman–Crippen MR) is 97.9 cm³/mol. The first-order chi connectivity index (χ1) is 12.3. The fourth-order valence-electron chi connectivity index (χ4n) is 3.83. The van der Waals surface area contributed by atoms with E-state index in [-0.39, 0.29) is 18.0 Å². The van der Waals surface area contributed by atoms with Gasteiger partial charge in [0.05, 0.1) is 18.8 Å². The van der Waals surface area contributed by atoms with Crippen LogP contribution >= 0.6 is 0 Å². The van der Waals surface area contributed by atoms with Crippen LogP contribution in [0, 0.1) is 5.41 Å². The van der Waals surface area contributed by atoms with E-state index in [2.05, 4.69) is 4.90 Å². The van der Waals surface area contributed by atoms with E-state index in [4.69, 9.17) is 4.74 Å². The second-order valence-corrected chi connectivity index (χ2v) is 8.04. The molecule has 2 aliphatic rings. The zero-order chi connectivity index (χ0) is 18.8. The fourth-order valence-corrected chi connectivity index (χ4v) is 3.83. The Morgan fingerprint density at radius 2 is 1.96 bits per heavy atom. The van der Waals surface area contributed by atoms with Gasteiger partial charge in [0.1, 0.15) is 6.54 Å². The van der Waals surface area contributed by atoms with E-state index in [0.29, 0.717) is 39.3 Å². The summed E-state index contributed by atoms with van der Waals surface area (Å²) in [6.07, 6.45) is 2.16. The first-order valence-electron chi connectivity index (χ1n) is 9.26. The third-order valence-electron chi connectivity index (χ3n) is 5.79. The van der Waals surface area contributed by atoms with Crippen molar-refractivity contribution in [2.24, 2.45) is 5.41 Å². The van der Waals surface area contributed by atoms with Gasteiger partial charge in [0.15, 0.2) is 0 Å². The summed E-state index contributed by atoms with van der Waals surface area (Å²) in [6, 6.07) is 4.86. The number of aliphatic hydroxyl groups is 1. The predicted octanol–water partition coefficient (Wildman–Crippen LogP) is 0.170. The third kappa shape index (κ3) is 4.00. The summed E-state index contributed by atoms with van der Waals surface area (Å²) in [6.45, 7) is 8.72. The molecule has 144 valence electrons. The maximum Gasteiger partial charge on any atom is 0.250 e.